The maximum Gasteiger partial charge on any atom is 0.573 e. The Morgan fingerprint density at radius 1 is 1.03 bits per heavy atom. The number of amides is 2. The van der Waals surface area contributed by atoms with Crippen LogP contribution in [0.1, 0.15) is 15.9 Å². The Balaban J connectivity index is 1.24. The molecule has 1 saturated heterocycles. The number of piperazine rings is 1. The molecule has 180 valence electrons. The molecule has 8 nitrogen and oxygen atoms in total. The van der Waals surface area contributed by atoms with Gasteiger partial charge in [-0.1, -0.05) is 18.2 Å². The molecule has 1 atom stereocenters. The first kappa shape index (κ1) is 23.6. The number of esters is 1. The molecule has 0 saturated carbocycles. The van der Waals surface area contributed by atoms with Crippen LogP contribution in [-0.4, -0.2) is 72.8 Å². The van der Waals surface area contributed by atoms with Crippen LogP contribution in [0, 0.1) is 0 Å². The fourth-order valence-electron chi connectivity index (χ4n) is 3.94. The molecule has 1 N–H and O–H groups in total. The van der Waals surface area contributed by atoms with Crippen LogP contribution in [0.4, 0.5) is 18.9 Å². The highest BCUT2D eigenvalue weighted by atomic mass is 19.4. The lowest BCUT2D eigenvalue weighted by Crippen LogP contribution is -2.54. The lowest BCUT2D eigenvalue weighted by molar-refractivity contribution is -0.274. The third kappa shape index (κ3) is 5.84. The minimum Gasteiger partial charge on any atom is -0.448 e. The molecule has 4 rings (SSSR count). The molecule has 0 aromatic heterocycles. The van der Waals surface area contributed by atoms with Gasteiger partial charge in [-0.3, -0.25) is 14.5 Å². The predicted molar refractivity (Wildman–Crippen MR) is 114 cm³/mol. The maximum absolute atomic E-state index is 12.9. The van der Waals surface area contributed by atoms with Gasteiger partial charge < -0.3 is 19.7 Å². The van der Waals surface area contributed by atoms with Crippen molar-refractivity contribution in [2.45, 2.75) is 18.9 Å². The number of carbonyl (C=O) groups is 3. The molecule has 0 spiro atoms. The van der Waals surface area contributed by atoms with Crippen molar-refractivity contribution < 1.29 is 37.0 Å². The second kappa shape index (κ2) is 9.72. The van der Waals surface area contributed by atoms with E-state index in [2.05, 4.69) is 10.1 Å². The predicted octanol–water partition coefficient (Wildman–Crippen LogP) is 2.45. The Morgan fingerprint density at radius 3 is 2.38 bits per heavy atom. The van der Waals surface area contributed by atoms with Gasteiger partial charge in [-0.05, 0) is 35.9 Å². The van der Waals surface area contributed by atoms with E-state index in [0.29, 0.717) is 43.9 Å². The van der Waals surface area contributed by atoms with Crippen LogP contribution in [0.2, 0.25) is 0 Å². The van der Waals surface area contributed by atoms with Crippen molar-refractivity contribution in [1.82, 2.24) is 9.80 Å². The molecule has 2 heterocycles. The summed E-state index contributed by atoms with van der Waals surface area (Å²) in [6.45, 7) is 1.73. The minimum atomic E-state index is -4.78. The normalized spacial score (nSPS) is 18.6. The summed E-state index contributed by atoms with van der Waals surface area (Å²) in [4.78, 5) is 40.8. The van der Waals surface area contributed by atoms with Crippen molar-refractivity contribution in [2.24, 2.45) is 0 Å². The summed E-state index contributed by atoms with van der Waals surface area (Å²) in [5.74, 6) is -1.47. The van der Waals surface area contributed by atoms with Gasteiger partial charge in [0.05, 0.1) is 12.1 Å². The Bertz CT molecular complexity index is 1070. The first-order chi connectivity index (χ1) is 16.2. The number of cyclic esters (lactones) is 1. The second-order valence-corrected chi connectivity index (χ2v) is 7.98. The number of nitrogens with one attached hydrogen (secondary N) is 1. The van der Waals surface area contributed by atoms with Crippen LogP contribution in [-0.2, 0) is 20.7 Å². The van der Waals surface area contributed by atoms with E-state index in [1.807, 2.05) is 17.0 Å². The number of anilines is 1. The van der Waals surface area contributed by atoms with E-state index in [1.165, 1.54) is 12.1 Å². The van der Waals surface area contributed by atoms with Crippen LogP contribution in [0.25, 0.3) is 0 Å². The van der Waals surface area contributed by atoms with Crippen molar-refractivity contribution in [2.75, 3.05) is 38.0 Å². The van der Waals surface area contributed by atoms with Gasteiger partial charge in [0.2, 0.25) is 5.91 Å². The SMILES string of the molecule is O=C(CN1CCN(C(=O)[C@@H]2Cc3ccccc3C(=O)O2)CC1)Nc1ccc(OC(F)(F)F)cc1. The molecule has 34 heavy (non-hydrogen) atoms. The van der Waals surface area contributed by atoms with Crippen molar-refractivity contribution in [3.05, 3.63) is 59.7 Å². The highest BCUT2D eigenvalue weighted by molar-refractivity contribution is 5.96. The molecule has 2 aliphatic rings. The molecule has 2 aromatic rings. The molecule has 0 radical (unpaired) electrons. The topological polar surface area (TPSA) is 88.2 Å². The molecular weight excluding hydrogens is 455 g/mol. The highest BCUT2D eigenvalue weighted by Crippen LogP contribution is 2.24. The summed E-state index contributed by atoms with van der Waals surface area (Å²) < 4.78 is 45.8. The number of hydrogen-bond donors (Lipinski definition) is 1. The number of nitrogens with zero attached hydrogens (tertiary/aromatic N) is 2. The monoisotopic (exact) mass is 477 g/mol. The van der Waals surface area contributed by atoms with E-state index in [-0.39, 0.29) is 24.1 Å². The van der Waals surface area contributed by atoms with Crippen molar-refractivity contribution in [1.29, 1.82) is 0 Å². The van der Waals surface area contributed by atoms with E-state index < -0.39 is 18.4 Å². The fourth-order valence-corrected chi connectivity index (χ4v) is 3.94. The van der Waals surface area contributed by atoms with Crippen molar-refractivity contribution >= 4 is 23.5 Å². The average Bonchev–Trinajstić information content (AvgIpc) is 2.79. The highest BCUT2D eigenvalue weighted by Gasteiger charge is 2.35. The molecule has 2 aromatic carbocycles. The first-order valence-electron chi connectivity index (χ1n) is 10.6. The van der Waals surface area contributed by atoms with Gasteiger partial charge in [0.25, 0.3) is 5.91 Å². The molecule has 0 bridgehead atoms. The second-order valence-electron chi connectivity index (χ2n) is 7.98. The molecule has 0 aliphatic carbocycles. The minimum absolute atomic E-state index is 0.0641. The van der Waals surface area contributed by atoms with Gasteiger partial charge >= 0.3 is 12.3 Å². The van der Waals surface area contributed by atoms with Gasteiger partial charge in [0.1, 0.15) is 5.75 Å². The van der Waals surface area contributed by atoms with E-state index in [1.54, 1.807) is 17.0 Å². The molecule has 2 amide bonds. The van der Waals surface area contributed by atoms with Gasteiger partial charge in [-0.15, -0.1) is 13.2 Å². The van der Waals surface area contributed by atoms with Gasteiger partial charge in [0.15, 0.2) is 6.10 Å². The number of carbonyl (C=O) groups excluding carboxylic acids is 3. The molecule has 2 aliphatic heterocycles. The number of benzene rings is 2. The smallest absolute Gasteiger partial charge is 0.448 e. The quantitative estimate of drug-likeness (QED) is 0.666. The number of ether oxygens (including phenoxy) is 2. The van der Waals surface area contributed by atoms with E-state index in [0.717, 1.165) is 17.7 Å². The van der Waals surface area contributed by atoms with Crippen molar-refractivity contribution in [3.63, 3.8) is 0 Å². The average molecular weight is 477 g/mol. The number of rotatable bonds is 5. The molecule has 11 heteroatoms. The third-order valence-corrected chi connectivity index (χ3v) is 5.59. The van der Waals surface area contributed by atoms with Crippen LogP contribution >= 0.6 is 0 Å². The van der Waals surface area contributed by atoms with E-state index in [9.17, 15) is 27.6 Å². The Morgan fingerprint density at radius 2 is 1.71 bits per heavy atom. The first-order valence-corrected chi connectivity index (χ1v) is 10.6. The van der Waals surface area contributed by atoms with Crippen LogP contribution < -0.4 is 10.1 Å². The van der Waals surface area contributed by atoms with E-state index >= 15 is 0 Å². The number of alkyl halides is 3. The molecule has 0 unspecified atom stereocenters. The maximum atomic E-state index is 12.9. The summed E-state index contributed by atoms with van der Waals surface area (Å²) in [5, 5.41) is 2.62. The van der Waals surface area contributed by atoms with Crippen LogP contribution in [0.3, 0.4) is 0 Å². The Hall–Kier alpha value is -3.60. The summed E-state index contributed by atoms with van der Waals surface area (Å²) in [6.07, 6.45) is -5.31. The van der Waals surface area contributed by atoms with Gasteiger partial charge in [0, 0.05) is 38.3 Å². The Kier molecular flexibility index (Phi) is 6.73. The van der Waals surface area contributed by atoms with Crippen LogP contribution in [0.5, 0.6) is 5.75 Å². The molecule has 1 fully saturated rings. The van der Waals surface area contributed by atoms with Gasteiger partial charge in [-0.25, -0.2) is 4.79 Å². The third-order valence-electron chi connectivity index (χ3n) is 5.59. The summed E-state index contributed by atoms with van der Waals surface area (Å²) in [5.41, 5.74) is 1.60. The largest absolute Gasteiger partial charge is 0.573 e. The zero-order valence-corrected chi connectivity index (χ0v) is 18.0. The summed E-state index contributed by atoms with van der Waals surface area (Å²) >= 11 is 0. The lowest BCUT2D eigenvalue weighted by atomic mass is 9.98. The Labute approximate surface area is 193 Å². The number of hydrogen-bond acceptors (Lipinski definition) is 6. The van der Waals surface area contributed by atoms with E-state index in [4.69, 9.17) is 4.74 Å². The lowest BCUT2D eigenvalue weighted by Gasteiger charge is -2.36. The summed E-state index contributed by atoms with van der Waals surface area (Å²) in [6, 6.07) is 11.9. The van der Waals surface area contributed by atoms with Crippen LogP contribution in [0.15, 0.2) is 48.5 Å². The standard InChI is InChI=1S/C23H22F3N3O5/c24-23(25,26)34-17-7-5-16(6-8-17)27-20(30)14-28-9-11-29(12-10-28)21(31)19-13-15-3-1-2-4-18(15)22(32)33-19/h1-8,19H,9-14H2,(H,27,30)/t19-/m0/s1. The van der Waals surface area contributed by atoms with Crippen molar-refractivity contribution in [3.8, 4) is 5.75 Å². The molecular formula is C23H22F3N3O5. The number of halogens is 3. The fraction of sp³-hybridized carbons (Fsp3) is 0.348. The van der Waals surface area contributed by atoms with Gasteiger partial charge in [-0.2, -0.15) is 0 Å². The summed E-state index contributed by atoms with van der Waals surface area (Å²) in [7, 11) is 0. The zero-order chi connectivity index (χ0) is 24.3. The number of fused-ring (bicyclic) bond motifs is 1. The zero-order valence-electron chi connectivity index (χ0n) is 18.0.